The molecular weight excluding hydrogens is 214 g/mol. The number of nitrogens with zero attached hydrogens (tertiary/aromatic N) is 1. The smallest absolute Gasteiger partial charge is 0.142 e. The van der Waals surface area contributed by atoms with E-state index in [0.29, 0.717) is 16.8 Å². The molecule has 0 aliphatic carbocycles. The van der Waals surface area contributed by atoms with Crippen LogP contribution in [0.4, 0.5) is 5.82 Å². The molecule has 1 saturated heterocycles. The van der Waals surface area contributed by atoms with Gasteiger partial charge in [-0.1, -0.05) is 11.6 Å². The lowest BCUT2D eigenvalue weighted by atomic mass is 10.2. The second kappa shape index (κ2) is 4.68. The van der Waals surface area contributed by atoms with Gasteiger partial charge < -0.3 is 15.4 Å². The fourth-order valence-electron chi connectivity index (χ4n) is 1.64. The largest absolute Gasteiger partial charge is 0.495 e. The molecule has 2 rings (SSSR count). The summed E-state index contributed by atoms with van der Waals surface area (Å²) in [6, 6.07) is 2.27. The second-order valence-electron chi connectivity index (χ2n) is 3.54. The number of hydrogen-bond donors (Lipinski definition) is 2. The predicted molar refractivity (Wildman–Crippen MR) is 60.7 cm³/mol. The second-order valence-corrected chi connectivity index (χ2v) is 3.95. The third-order valence-corrected chi connectivity index (χ3v) is 2.74. The number of ether oxygens (including phenoxy) is 1. The van der Waals surface area contributed by atoms with Crippen LogP contribution in [0.3, 0.4) is 0 Å². The van der Waals surface area contributed by atoms with Crippen molar-refractivity contribution in [2.24, 2.45) is 0 Å². The van der Waals surface area contributed by atoms with Crippen molar-refractivity contribution in [3.05, 3.63) is 17.3 Å². The minimum atomic E-state index is 0.448. The summed E-state index contributed by atoms with van der Waals surface area (Å²) in [6.07, 6.45) is 2.72. The Morgan fingerprint density at radius 3 is 3.20 bits per heavy atom. The number of aromatic nitrogens is 1. The Kier molecular flexibility index (Phi) is 3.28. The summed E-state index contributed by atoms with van der Waals surface area (Å²) in [4.78, 5) is 4.20. The fourth-order valence-corrected chi connectivity index (χ4v) is 1.82. The van der Waals surface area contributed by atoms with Crippen molar-refractivity contribution in [3.63, 3.8) is 0 Å². The van der Waals surface area contributed by atoms with E-state index in [4.69, 9.17) is 16.3 Å². The maximum Gasteiger partial charge on any atom is 0.142 e. The standard InChI is InChI=1S/C10H14ClN3O/c1-15-9-4-10(13-6-8(9)11)14-7-2-3-12-5-7/h4,6-7,12H,2-3,5H2,1H3,(H,13,14). The van der Waals surface area contributed by atoms with E-state index in [2.05, 4.69) is 15.6 Å². The van der Waals surface area contributed by atoms with Gasteiger partial charge in [-0.25, -0.2) is 4.98 Å². The average Bonchev–Trinajstić information content (AvgIpc) is 2.73. The van der Waals surface area contributed by atoms with Gasteiger partial charge in [-0.3, -0.25) is 0 Å². The first kappa shape index (κ1) is 10.5. The predicted octanol–water partition coefficient (Wildman–Crippen LogP) is 1.52. The van der Waals surface area contributed by atoms with E-state index in [0.717, 1.165) is 25.3 Å². The molecule has 0 amide bonds. The molecule has 1 aliphatic heterocycles. The third-order valence-electron chi connectivity index (χ3n) is 2.45. The number of hydrogen-bond acceptors (Lipinski definition) is 4. The molecule has 0 aromatic carbocycles. The van der Waals surface area contributed by atoms with Crippen LogP contribution in [0.25, 0.3) is 0 Å². The van der Waals surface area contributed by atoms with Gasteiger partial charge in [-0.05, 0) is 13.0 Å². The van der Waals surface area contributed by atoms with Gasteiger partial charge in [0.1, 0.15) is 16.6 Å². The van der Waals surface area contributed by atoms with E-state index in [9.17, 15) is 0 Å². The number of rotatable bonds is 3. The minimum absolute atomic E-state index is 0.448. The Morgan fingerprint density at radius 1 is 1.67 bits per heavy atom. The van der Waals surface area contributed by atoms with Crippen molar-refractivity contribution >= 4 is 17.4 Å². The van der Waals surface area contributed by atoms with Gasteiger partial charge >= 0.3 is 0 Å². The zero-order chi connectivity index (χ0) is 10.7. The van der Waals surface area contributed by atoms with Crippen LogP contribution in [0.15, 0.2) is 12.3 Å². The lowest BCUT2D eigenvalue weighted by Crippen LogP contribution is -2.22. The van der Waals surface area contributed by atoms with Gasteiger partial charge in [0.05, 0.1) is 13.3 Å². The molecule has 1 aliphatic rings. The van der Waals surface area contributed by atoms with E-state index >= 15 is 0 Å². The van der Waals surface area contributed by atoms with Crippen LogP contribution >= 0.6 is 11.6 Å². The minimum Gasteiger partial charge on any atom is -0.495 e. The van der Waals surface area contributed by atoms with Gasteiger partial charge in [-0.2, -0.15) is 0 Å². The molecule has 15 heavy (non-hydrogen) atoms. The number of nitrogens with one attached hydrogen (secondary N) is 2. The molecule has 2 heterocycles. The Balaban J connectivity index is 2.07. The lowest BCUT2D eigenvalue weighted by molar-refractivity contribution is 0.414. The summed E-state index contributed by atoms with van der Waals surface area (Å²) in [5, 5.41) is 7.15. The number of halogens is 1. The van der Waals surface area contributed by atoms with Crippen molar-refractivity contribution in [3.8, 4) is 5.75 Å². The van der Waals surface area contributed by atoms with Gasteiger partial charge in [0.25, 0.3) is 0 Å². The molecule has 0 spiro atoms. The first-order valence-electron chi connectivity index (χ1n) is 4.96. The van der Waals surface area contributed by atoms with E-state index in [1.54, 1.807) is 13.3 Å². The van der Waals surface area contributed by atoms with E-state index in [1.807, 2.05) is 6.07 Å². The summed E-state index contributed by atoms with van der Waals surface area (Å²) < 4.78 is 5.12. The van der Waals surface area contributed by atoms with Crippen LogP contribution in [0.2, 0.25) is 5.02 Å². The van der Waals surface area contributed by atoms with Crippen molar-refractivity contribution in [1.29, 1.82) is 0 Å². The number of anilines is 1. The van der Waals surface area contributed by atoms with Crippen molar-refractivity contribution in [2.45, 2.75) is 12.5 Å². The van der Waals surface area contributed by atoms with Crippen molar-refractivity contribution in [2.75, 3.05) is 25.5 Å². The zero-order valence-electron chi connectivity index (χ0n) is 8.59. The number of pyridine rings is 1. The van der Waals surface area contributed by atoms with Crippen LogP contribution in [0, 0.1) is 0 Å². The molecule has 5 heteroatoms. The molecule has 82 valence electrons. The molecule has 0 bridgehead atoms. The molecule has 1 unspecified atom stereocenters. The molecule has 1 fully saturated rings. The molecule has 1 aromatic heterocycles. The average molecular weight is 228 g/mol. The van der Waals surface area contributed by atoms with Crippen molar-refractivity contribution in [1.82, 2.24) is 10.3 Å². The van der Waals surface area contributed by atoms with E-state index in [-0.39, 0.29) is 0 Å². The first-order valence-corrected chi connectivity index (χ1v) is 5.34. The molecule has 2 N–H and O–H groups in total. The lowest BCUT2D eigenvalue weighted by Gasteiger charge is -2.12. The first-order chi connectivity index (χ1) is 7.29. The van der Waals surface area contributed by atoms with E-state index in [1.165, 1.54) is 0 Å². The van der Waals surface area contributed by atoms with Gasteiger partial charge in [0, 0.05) is 18.7 Å². The fraction of sp³-hybridized carbons (Fsp3) is 0.500. The highest BCUT2D eigenvalue weighted by Gasteiger charge is 2.14. The summed E-state index contributed by atoms with van der Waals surface area (Å²) in [7, 11) is 1.60. The maximum absolute atomic E-state index is 5.89. The van der Waals surface area contributed by atoms with Gasteiger partial charge in [0.15, 0.2) is 0 Å². The SMILES string of the molecule is COc1cc(NC2CCNC2)ncc1Cl. The van der Waals surface area contributed by atoms with Crippen LogP contribution in [0.1, 0.15) is 6.42 Å². The highest BCUT2D eigenvalue weighted by molar-refractivity contribution is 6.31. The van der Waals surface area contributed by atoms with Crippen LogP contribution < -0.4 is 15.4 Å². The molecular formula is C10H14ClN3O. The molecule has 4 nitrogen and oxygen atoms in total. The monoisotopic (exact) mass is 227 g/mol. The molecule has 1 aromatic rings. The van der Waals surface area contributed by atoms with Crippen molar-refractivity contribution < 1.29 is 4.74 Å². The number of methoxy groups -OCH3 is 1. The molecule has 1 atom stereocenters. The zero-order valence-corrected chi connectivity index (χ0v) is 9.34. The summed E-state index contributed by atoms with van der Waals surface area (Å²) >= 11 is 5.89. The summed E-state index contributed by atoms with van der Waals surface area (Å²) in [5.74, 6) is 1.46. The summed E-state index contributed by atoms with van der Waals surface area (Å²) in [6.45, 7) is 2.04. The third kappa shape index (κ3) is 2.52. The highest BCUT2D eigenvalue weighted by Crippen LogP contribution is 2.25. The maximum atomic E-state index is 5.89. The topological polar surface area (TPSA) is 46.2 Å². The Hall–Kier alpha value is -1.00. The Bertz CT molecular complexity index is 339. The van der Waals surface area contributed by atoms with Gasteiger partial charge in [0.2, 0.25) is 0 Å². The van der Waals surface area contributed by atoms with Crippen LogP contribution in [0.5, 0.6) is 5.75 Å². The molecule has 0 saturated carbocycles. The van der Waals surface area contributed by atoms with Crippen LogP contribution in [-0.4, -0.2) is 31.2 Å². The quantitative estimate of drug-likeness (QED) is 0.822. The molecule has 0 radical (unpaired) electrons. The Labute approximate surface area is 94.0 Å². The van der Waals surface area contributed by atoms with E-state index < -0.39 is 0 Å². The van der Waals surface area contributed by atoms with Crippen LogP contribution in [-0.2, 0) is 0 Å². The highest BCUT2D eigenvalue weighted by atomic mass is 35.5. The normalized spacial score (nSPS) is 20.3. The Morgan fingerprint density at radius 2 is 2.53 bits per heavy atom. The summed E-state index contributed by atoms with van der Waals surface area (Å²) in [5.41, 5.74) is 0. The van der Waals surface area contributed by atoms with Gasteiger partial charge in [-0.15, -0.1) is 0 Å².